The molecule has 3 saturated carbocycles. The molecule has 0 bridgehead atoms. The Balaban J connectivity index is 0.638. The van der Waals surface area contributed by atoms with E-state index in [1.807, 2.05) is 97.1 Å². The Bertz CT molecular complexity index is 3850. The van der Waals surface area contributed by atoms with Gasteiger partial charge in [-0.05, 0) is 219 Å². The molecule has 11 rings (SSSR count). The Labute approximate surface area is 599 Å². The molecule has 16 heteroatoms. The predicted octanol–water partition coefficient (Wildman–Crippen LogP) is 18.1. The standard InChI is InChI=1S/C86H94N2O14/c1-59(89)99-75-43-23-63(24-44-75)83(3,65-27-47-77(48-28-65)101-79(91)61-15-19-67(20-16-61)85(53-9-7-10-54-85)69-31-39-73(95-5)40-32-69)51-13-57-97-81(93)87-71-35-37-72(38-36-71)88-82(94)98-58-14-52-84(4,64-25-45-76(46-26-64)100-60(2)90)66-29-49-78(50-30-66)102-80(92)62-17-21-68(22-18-62)86(55-11-8-12-56-86)70-33-41-74(96-6)42-34-70/h15-34,39-50,71-72H,7-14,35-38,51-58H2,1-6H3,(H,87,93)(H,88,94). The quantitative estimate of drug-likeness (QED) is 0.0295. The fourth-order valence-corrected chi connectivity index (χ4v) is 15.6. The van der Waals surface area contributed by atoms with E-state index in [0.29, 0.717) is 85.5 Å². The van der Waals surface area contributed by atoms with Crippen LogP contribution in [0.15, 0.2) is 194 Å². The lowest BCUT2D eigenvalue weighted by Crippen LogP contribution is -2.44. The fourth-order valence-electron chi connectivity index (χ4n) is 15.6. The first kappa shape index (κ1) is 73.0. The molecule has 3 aliphatic carbocycles. The third kappa shape index (κ3) is 17.7. The van der Waals surface area contributed by atoms with Gasteiger partial charge in [-0.1, -0.05) is 149 Å². The molecule has 532 valence electrons. The van der Waals surface area contributed by atoms with Crippen molar-refractivity contribution in [2.45, 2.75) is 177 Å². The van der Waals surface area contributed by atoms with Gasteiger partial charge in [-0.25, -0.2) is 19.2 Å². The molecule has 0 aromatic heterocycles. The number of rotatable bonds is 26. The Kier molecular flexibility index (Phi) is 24.0. The monoisotopic (exact) mass is 1380 g/mol. The molecule has 16 nitrogen and oxygen atoms in total. The summed E-state index contributed by atoms with van der Waals surface area (Å²) < 4.78 is 45.0. The van der Waals surface area contributed by atoms with Crippen LogP contribution in [-0.2, 0) is 40.7 Å². The highest BCUT2D eigenvalue weighted by Crippen LogP contribution is 2.48. The van der Waals surface area contributed by atoms with Gasteiger partial charge in [-0.15, -0.1) is 0 Å². The van der Waals surface area contributed by atoms with Crippen LogP contribution in [0.4, 0.5) is 9.59 Å². The number of hydrogen-bond donors (Lipinski definition) is 2. The zero-order chi connectivity index (χ0) is 71.7. The average Bonchev–Trinajstić information content (AvgIpc) is 0.786. The minimum atomic E-state index is -0.594. The topological polar surface area (TPSA) is 200 Å². The maximum absolute atomic E-state index is 13.6. The first-order valence-electron chi connectivity index (χ1n) is 36.0. The smallest absolute Gasteiger partial charge is 0.407 e. The van der Waals surface area contributed by atoms with E-state index in [9.17, 15) is 28.8 Å². The molecule has 8 aromatic rings. The third-order valence-electron chi connectivity index (χ3n) is 21.4. The summed E-state index contributed by atoms with van der Waals surface area (Å²) >= 11 is 0. The largest absolute Gasteiger partial charge is 0.497 e. The molecule has 0 radical (unpaired) electrons. The van der Waals surface area contributed by atoms with Gasteiger partial charge in [0.1, 0.15) is 34.5 Å². The SMILES string of the molecule is COc1ccc(C2(c3ccc(C(=O)Oc4ccc(C(C)(CCCOC(=O)NC5CCC(NC(=O)OCCCC(C)(c6ccc(OC(C)=O)cc6)c6ccc(OC(=O)c7ccc(C8(c9ccc(OC)cc9)CCCCC8)cc7)cc6)CC5)c5ccc(OC(C)=O)cc5)cc4)cc3)CCCCC2)cc1. The summed E-state index contributed by atoms with van der Waals surface area (Å²) in [5.74, 6) is 1.55. The highest BCUT2D eigenvalue weighted by Gasteiger charge is 2.38. The first-order valence-corrected chi connectivity index (χ1v) is 36.0. The van der Waals surface area contributed by atoms with Gasteiger partial charge < -0.3 is 48.5 Å². The molecule has 0 spiro atoms. The number of benzene rings is 8. The Morgan fingerprint density at radius 1 is 0.363 bits per heavy atom. The van der Waals surface area contributed by atoms with Crippen LogP contribution in [0.3, 0.4) is 0 Å². The van der Waals surface area contributed by atoms with E-state index >= 15 is 0 Å². The molecule has 3 aliphatic rings. The van der Waals surface area contributed by atoms with Gasteiger partial charge in [-0.3, -0.25) is 9.59 Å². The van der Waals surface area contributed by atoms with Crippen molar-refractivity contribution in [2.24, 2.45) is 0 Å². The Morgan fingerprint density at radius 3 is 0.902 bits per heavy atom. The molecule has 8 aromatic carbocycles. The van der Waals surface area contributed by atoms with Gasteiger partial charge in [0.25, 0.3) is 0 Å². The van der Waals surface area contributed by atoms with Gasteiger partial charge in [-0.2, -0.15) is 0 Å². The van der Waals surface area contributed by atoms with Crippen molar-refractivity contribution in [2.75, 3.05) is 27.4 Å². The second-order valence-electron chi connectivity index (χ2n) is 27.9. The first-order chi connectivity index (χ1) is 49.4. The van der Waals surface area contributed by atoms with Gasteiger partial charge in [0, 0.05) is 47.6 Å². The molecular formula is C86H94N2O14. The minimum Gasteiger partial charge on any atom is -0.497 e. The van der Waals surface area contributed by atoms with E-state index in [0.717, 1.165) is 85.1 Å². The van der Waals surface area contributed by atoms with Crippen LogP contribution < -0.4 is 39.1 Å². The van der Waals surface area contributed by atoms with Crippen molar-refractivity contribution in [3.05, 3.63) is 250 Å². The fraction of sp³-hybridized carbons (Fsp3) is 0.372. The minimum absolute atomic E-state index is 0.136. The second kappa shape index (κ2) is 33.5. The molecule has 0 aliphatic heterocycles. The number of nitrogens with one attached hydrogen (secondary N) is 2. The van der Waals surface area contributed by atoms with Crippen molar-refractivity contribution in [3.63, 3.8) is 0 Å². The van der Waals surface area contributed by atoms with Crippen LogP contribution in [0.1, 0.15) is 208 Å². The van der Waals surface area contributed by atoms with E-state index in [1.165, 1.54) is 48.9 Å². The summed E-state index contributed by atoms with van der Waals surface area (Å²) in [5.41, 5.74) is 8.09. The lowest BCUT2D eigenvalue weighted by atomic mass is 9.65. The molecular weight excluding hydrogens is 1280 g/mol. The van der Waals surface area contributed by atoms with Crippen LogP contribution in [0, 0.1) is 0 Å². The molecule has 2 amide bonds. The summed E-state index contributed by atoms with van der Waals surface area (Å²) in [6, 6.07) is 61.8. The van der Waals surface area contributed by atoms with Gasteiger partial charge in [0.15, 0.2) is 0 Å². The van der Waals surface area contributed by atoms with Crippen LogP contribution in [0.25, 0.3) is 0 Å². The Hall–Kier alpha value is -10.2. The number of carbonyl (C=O) groups is 6. The van der Waals surface area contributed by atoms with E-state index < -0.39 is 46.9 Å². The number of alkyl carbamates (subject to hydrolysis) is 2. The van der Waals surface area contributed by atoms with Crippen molar-refractivity contribution < 1.29 is 66.7 Å². The van der Waals surface area contributed by atoms with Gasteiger partial charge >= 0.3 is 36.1 Å². The molecule has 2 atom stereocenters. The molecule has 3 fully saturated rings. The molecule has 102 heavy (non-hydrogen) atoms. The summed E-state index contributed by atoms with van der Waals surface area (Å²) in [5, 5.41) is 6.06. The lowest BCUT2D eigenvalue weighted by Gasteiger charge is -2.38. The van der Waals surface area contributed by atoms with Crippen molar-refractivity contribution in [1.82, 2.24) is 10.6 Å². The van der Waals surface area contributed by atoms with Crippen molar-refractivity contribution in [1.29, 1.82) is 0 Å². The number of hydrogen-bond acceptors (Lipinski definition) is 14. The normalized spacial score (nSPS) is 17.4. The zero-order valence-corrected chi connectivity index (χ0v) is 59.5. The summed E-state index contributed by atoms with van der Waals surface area (Å²) in [6.45, 7) is 7.24. The van der Waals surface area contributed by atoms with Gasteiger partial charge in [0.05, 0.1) is 38.6 Å². The molecule has 2 unspecified atom stereocenters. The highest BCUT2D eigenvalue weighted by molar-refractivity contribution is 5.92. The highest BCUT2D eigenvalue weighted by atomic mass is 16.6. The summed E-state index contributed by atoms with van der Waals surface area (Å²) in [7, 11) is 3.35. The maximum atomic E-state index is 13.6. The molecule has 0 saturated heterocycles. The summed E-state index contributed by atoms with van der Waals surface area (Å²) in [6.07, 6.45) is 14.8. The van der Waals surface area contributed by atoms with E-state index in [2.05, 4.69) is 73.0 Å². The maximum Gasteiger partial charge on any atom is 0.407 e. The molecule has 0 heterocycles. The van der Waals surface area contributed by atoms with Crippen LogP contribution in [0.2, 0.25) is 0 Å². The number of amides is 2. The number of methoxy groups -OCH3 is 2. The third-order valence-corrected chi connectivity index (χ3v) is 21.4. The van der Waals surface area contributed by atoms with Crippen LogP contribution in [0.5, 0.6) is 34.5 Å². The van der Waals surface area contributed by atoms with Crippen molar-refractivity contribution >= 4 is 36.1 Å². The van der Waals surface area contributed by atoms with E-state index in [4.69, 9.17) is 37.9 Å². The molecule has 2 N–H and O–H groups in total. The predicted molar refractivity (Wildman–Crippen MR) is 391 cm³/mol. The second-order valence-corrected chi connectivity index (χ2v) is 27.9. The average molecular weight is 1380 g/mol. The number of ether oxygens (including phenoxy) is 8. The van der Waals surface area contributed by atoms with E-state index in [-0.39, 0.29) is 36.1 Å². The van der Waals surface area contributed by atoms with Gasteiger partial charge in [0.2, 0.25) is 0 Å². The zero-order valence-electron chi connectivity index (χ0n) is 59.5. The number of esters is 4. The van der Waals surface area contributed by atoms with Crippen LogP contribution in [-0.4, -0.2) is 75.6 Å². The van der Waals surface area contributed by atoms with Crippen LogP contribution >= 0.6 is 0 Å². The summed E-state index contributed by atoms with van der Waals surface area (Å²) in [4.78, 5) is 77.4. The van der Waals surface area contributed by atoms with Crippen molar-refractivity contribution in [3.8, 4) is 34.5 Å². The Morgan fingerprint density at radius 2 is 0.627 bits per heavy atom. The lowest BCUT2D eigenvalue weighted by molar-refractivity contribution is -0.132. The number of carbonyl (C=O) groups excluding carboxylic acids is 6. The van der Waals surface area contributed by atoms with E-state index in [1.54, 1.807) is 62.8 Å².